The Labute approximate surface area is 157 Å². The summed E-state index contributed by atoms with van der Waals surface area (Å²) < 4.78 is 39.4. The van der Waals surface area contributed by atoms with Crippen molar-refractivity contribution in [1.82, 2.24) is 9.97 Å². The van der Waals surface area contributed by atoms with Crippen molar-refractivity contribution in [3.8, 4) is 0 Å². The van der Waals surface area contributed by atoms with Crippen molar-refractivity contribution in [3.63, 3.8) is 0 Å². The van der Waals surface area contributed by atoms with Crippen LogP contribution >= 0.6 is 11.6 Å². The number of hydrogen-bond donors (Lipinski definition) is 2. The average Bonchev–Trinajstić information content (AvgIpc) is 2.64. The molecule has 138 valence electrons. The van der Waals surface area contributed by atoms with E-state index < -0.39 is 17.6 Å². The Bertz CT molecular complexity index is 947. The van der Waals surface area contributed by atoms with E-state index in [1.807, 2.05) is 0 Å². The molecule has 3 rings (SSSR count). The van der Waals surface area contributed by atoms with Gasteiger partial charge in [-0.3, -0.25) is 9.78 Å². The van der Waals surface area contributed by atoms with E-state index in [0.717, 1.165) is 6.07 Å². The molecule has 0 radical (unpaired) electrons. The molecule has 3 aromatic rings. The lowest BCUT2D eigenvalue weighted by Crippen LogP contribution is -2.13. The number of carbonyl (C=O) groups excluding carboxylic acids is 1. The van der Waals surface area contributed by atoms with Crippen molar-refractivity contribution >= 4 is 34.7 Å². The molecule has 0 saturated carbocycles. The third-order valence-corrected chi connectivity index (χ3v) is 3.73. The van der Waals surface area contributed by atoms with Gasteiger partial charge in [-0.1, -0.05) is 11.6 Å². The number of pyridine rings is 2. The van der Waals surface area contributed by atoms with Gasteiger partial charge in [0.25, 0.3) is 5.91 Å². The van der Waals surface area contributed by atoms with Crippen LogP contribution in [0.5, 0.6) is 0 Å². The number of anilines is 3. The van der Waals surface area contributed by atoms with E-state index in [9.17, 15) is 18.0 Å². The maximum absolute atomic E-state index is 13.1. The predicted octanol–water partition coefficient (Wildman–Crippen LogP) is 5.14. The van der Waals surface area contributed by atoms with Crippen molar-refractivity contribution in [2.75, 3.05) is 10.6 Å². The molecule has 2 heterocycles. The summed E-state index contributed by atoms with van der Waals surface area (Å²) in [5, 5.41) is 5.22. The van der Waals surface area contributed by atoms with Crippen LogP contribution in [0.1, 0.15) is 15.9 Å². The molecule has 0 saturated heterocycles. The van der Waals surface area contributed by atoms with Crippen LogP contribution in [-0.2, 0) is 6.18 Å². The van der Waals surface area contributed by atoms with Crippen molar-refractivity contribution in [2.45, 2.75) is 6.18 Å². The average molecular weight is 393 g/mol. The highest BCUT2D eigenvalue weighted by Gasteiger charge is 2.33. The predicted molar refractivity (Wildman–Crippen MR) is 96.2 cm³/mol. The first-order chi connectivity index (χ1) is 12.8. The highest BCUT2D eigenvalue weighted by Crippen LogP contribution is 2.37. The lowest BCUT2D eigenvalue weighted by Gasteiger charge is -2.15. The first-order valence-electron chi connectivity index (χ1n) is 7.64. The molecule has 0 spiro atoms. The number of nitrogens with zero attached hydrogens (tertiary/aromatic N) is 2. The molecule has 27 heavy (non-hydrogen) atoms. The molecule has 0 aliphatic carbocycles. The number of amides is 1. The largest absolute Gasteiger partial charge is 0.418 e. The smallest absolute Gasteiger partial charge is 0.354 e. The number of carbonyl (C=O) groups is 1. The monoisotopic (exact) mass is 392 g/mol. The van der Waals surface area contributed by atoms with E-state index in [-0.39, 0.29) is 16.5 Å². The Kier molecular flexibility index (Phi) is 5.27. The maximum Gasteiger partial charge on any atom is 0.418 e. The van der Waals surface area contributed by atoms with Crippen LogP contribution in [0.4, 0.5) is 30.4 Å². The summed E-state index contributed by atoms with van der Waals surface area (Å²) in [6.45, 7) is 0. The molecule has 0 bridgehead atoms. The number of alkyl halides is 3. The highest BCUT2D eigenvalue weighted by atomic mass is 35.5. The fraction of sp³-hybridized carbons (Fsp3) is 0.0556. The summed E-state index contributed by atoms with van der Waals surface area (Å²) in [4.78, 5) is 19.9. The van der Waals surface area contributed by atoms with E-state index in [1.165, 1.54) is 36.7 Å². The maximum atomic E-state index is 13.1. The van der Waals surface area contributed by atoms with Gasteiger partial charge in [-0.2, -0.15) is 13.2 Å². The van der Waals surface area contributed by atoms with Gasteiger partial charge in [0.1, 0.15) is 5.82 Å². The lowest BCUT2D eigenvalue weighted by atomic mass is 10.1. The summed E-state index contributed by atoms with van der Waals surface area (Å²) in [5.74, 6) is -0.144. The van der Waals surface area contributed by atoms with Crippen LogP contribution < -0.4 is 10.6 Å². The van der Waals surface area contributed by atoms with E-state index in [0.29, 0.717) is 11.3 Å². The second-order valence-electron chi connectivity index (χ2n) is 5.44. The second-order valence-corrected chi connectivity index (χ2v) is 5.88. The minimum atomic E-state index is -4.56. The SMILES string of the molecule is O=C(Nc1ccc(Nc2ccc(Cl)cc2C(F)(F)F)cn1)c1cccnc1. The minimum absolute atomic E-state index is 0.0144. The number of halogens is 4. The molecule has 0 atom stereocenters. The number of rotatable bonds is 4. The Morgan fingerprint density at radius 1 is 1.07 bits per heavy atom. The van der Waals surface area contributed by atoms with Crippen molar-refractivity contribution < 1.29 is 18.0 Å². The molecular weight excluding hydrogens is 381 g/mol. The summed E-state index contributed by atoms with van der Waals surface area (Å²) >= 11 is 5.66. The Morgan fingerprint density at radius 3 is 2.52 bits per heavy atom. The highest BCUT2D eigenvalue weighted by molar-refractivity contribution is 6.30. The van der Waals surface area contributed by atoms with Crippen molar-refractivity contribution in [3.05, 3.63) is 77.2 Å². The van der Waals surface area contributed by atoms with Crippen LogP contribution in [0.3, 0.4) is 0 Å². The zero-order chi connectivity index (χ0) is 19.4. The summed E-state index contributed by atoms with van der Waals surface area (Å²) in [7, 11) is 0. The number of aromatic nitrogens is 2. The number of hydrogen-bond acceptors (Lipinski definition) is 4. The van der Waals surface area contributed by atoms with Gasteiger partial charge in [-0.25, -0.2) is 4.98 Å². The summed E-state index contributed by atoms with van der Waals surface area (Å²) in [5.41, 5.74) is -0.357. The van der Waals surface area contributed by atoms with E-state index in [2.05, 4.69) is 20.6 Å². The zero-order valence-electron chi connectivity index (χ0n) is 13.6. The summed E-state index contributed by atoms with van der Waals surface area (Å²) in [6, 6.07) is 9.63. The van der Waals surface area contributed by atoms with Crippen molar-refractivity contribution in [1.29, 1.82) is 0 Å². The molecule has 5 nitrogen and oxygen atoms in total. The standard InChI is InChI=1S/C18H12ClF3N4O/c19-12-3-5-15(14(8-12)18(20,21)22)25-13-4-6-16(24-10-13)26-17(27)11-2-1-7-23-9-11/h1-10,25H,(H,24,26,27). The number of benzene rings is 1. The van der Waals surface area contributed by atoms with Gasteiger partial charge in [0.2, 0.25) is 0 Å². The first-order valence-corrected chi connectivity index (χ1v) is 8.02. The van der Waals surface area contributed by atoms with Gasteiger partial charge in [0.15, 0.2) is 0 Å². The van der Waals surface area contributed by atoms with E-state index >= 15 is 0 Å². The van der Waals surface area contributed by atoms with Crippen LogP contribution in [0.15, 0.2) is 61.1 Å². The van der Waals surface area contributed by atoms with E-state index in [1.54, 1.807) is 18.3 Å². The normalized spacial score (nSPS) is 11.1. The van der Waals surface area contributed by atoms with Crippen molar-refractivity contribution in [2.24, 2.45) is 0 Å². The van der Waals surface area contributed by atoms with Gasteiger partial charge in [-0.05, 0) is 42.5 Å². The van der Waals surface area contributed by atoms with Crippen LogP contribution in [0.2, 0.25) is 5.02 Å². The van der Waals surface area contributed by atoms with Crippen LogP contribution in [-0.4, -0.2) is 15.9 Å². The number of nitrogens with one attached hydrogen (secondary N) is 2. The Balaban J connectivity index is 1.74. The third kappa shape index (κ3) is 4.73. The molecule has 0 aliphatic heterocycles. The topological polar surface area (TPSA) is 66.9 Å². The summed E-state index contributed by atoms with van der Waals surface area (Å²) in [6.07, 6.45) is -0.294. The fourth-order valence-corrected chi connectivity index (χ4v) is 2.41. The third-order valence-electron chi connectivity index (χ3n) is 3.49. The molecule has 0 aliphatic rings. The fourth-order valence-electron chi connectivity index (χ4n) is 2.24. The molecule has 1 aromatic carbocycles. The van der Waals surface area contributed by atoms with Gasteiger partial charge in [-0.15, -0.1) is 0 Å². The molecule has 0 fully saturated rings. The second kappa shape index (κ2) is 7.63. The van der Waals surface area contributed by atoms with Crippen LogP contribution in [0, 0.1) is 0 Å². The molecule has 0 unspecified atom stereocenters. The molecule has 1 amide bonds. The van der Waals surface area contributed by atoms with Crippen LogP contribution in [0.25, 0.3) is 0 Å². The zero-order valence-corrected chi connectivity index (χ0v) is 14.3. The van der Waals surface area contributed by atoms with Gasteiger partial charge < -0.3 is 10.6 Å². The van der Waals surface area contributed by atoms with E-state index in [4.69, 9.17) is 11.6 Å². The molecular formula is C18H12ClF3N4O. The first kappa shape index (κ1) is 18.7. The molecule has 2 N–H and O–H groups in total. The Morgan fingerprint density at radius 2 is 1.89 bits per heavy atom. The minimum Gasteiger partial charge on any atom is -0.354 e. The quantitative estimate of drug-likeness (QED) is 0.644. The molecule has 2 aromatic heterocycles. The van der Waals surface area contributed by atoms with Gasteiger partial charge in [0.05, 0.1) is 28.7 Å². The Hall–Kier alpha value is -3.13. The van der Waals surface area contributed by atoms with Gasteiger partial charge in [0, 0.05) is 17.4 Å². The van der Waals surface area contributed by atoms with Gasteiger partial charge >= 0.3 is 6.18 Å². The molecule has 9 heteroatoms. The lowest BCUT2D eigenvalue weighted by molar-refractivity contribution is -0.136.